The van der Waals surface area contributed by atoms with Crippen molar-refractivity contribution in [2.24, 2.45) is 11.3 Å². The van der Waals surface area contributed by atoms with Gasteiger partial charge in [-0.25, -0.2) is 15.0 Å². The highest BCUT2D eigenvalue weighted by Gasteiger charge is 2.62. The number of nitrogens with two attached hydrogens (primary N) is 2. The number of aliphatic hydroxyl groups excluding tert-OH is 2. The maximum Gasteiger partial charge on any atom is 0.160 e. The molecule has 0 radical (unpaired) electrons. The van der Waals surface area contributed by atoms with Crippen LogP contribution in [0, 0.1) is 11.3 Å². The summed E-state index contributed by atoms with van der Waals surface area (Å²) in [4.78, 5) is 26.5. The number of halogens is 1. The molecule has 1 saturated heterocycles. The van der Waals surface area contributed by atoms with Gasteiger partial charge in [0.15, 0.2) is 5.78 Å². The molecule has 0 amide bonds. The van der Waals surface area contributed by atoms with Crippen molar-refractivity contribution in [2.45, 2.75) is 37.1 Å². The van der Waals surface area contributed by atoms with E-state index in [0.717, 1.165) is 15.0 Å². The monoisotopic (exact) mass is 525 g/mol. The summed E-state index contributed by atoms with van der Waals surface area (Å²) in [6, 6.07) is 2.70. The molecule has 4 heterocycles. The third-order valence-electron chi connectivity index (χ3n) is 7.64. The first-order chi connectivity index (χ1) is 16.3. The first-order valence-corrected chi connectivity index (χ1v) is 11.9. The molecule has 3 aromatic heterocycles. The second kappa shape index (κ2) is 7.57. The van der Waals surface area contributed by atoms with Gasteiger partial charge in [-0.3, -0.25) is 4.79 Å². The Bertz CT molecular complexity index is 1460. The minimum absolute atomic E-state index is 0.0877. The molecular weight excluding hydrogens is 502 g/mol. The van der Waals surface area contributed by atoms with Crippen LogP contribution in [0.1, 0.15) is 18.9 Å². The quantitative estimate of drug-likeness (QED) is 0.288. The summed E-state index contributed by atoms with van der Waals surface area (Å²) in [6.07, 6.45) is 5.78. The molecule has 7 N–H and O–H groups in total. The van der Waals surface area contributed by atoms with Crippen LogP contribution < -0.4 is 27.4 Å². The third kappa shape index (κ3) is 2.97. The summed E-state index contributed by atoms with van der Waals surface area (Å²) in [6.45, 7) is 0.286. The number of ketones is 1. The Kier molecular flexibility index (Phi) is 4.82. The molecule has 0 bridgehead atoms. The van der Waals surface area contributed by atoms with Crippen molar-refractivity contribution < 1.29 is 15.0 Å². The molecule has 1 unspecified atom stereocenters. The van der Waals surface area contributed by atoms with Crippen LogP contribution >= 0.6 is 15.9 Å². The molecule has 1 spiro atoms. The van der Waals surface area contributed by atoms with E-state index in [1.54, 1.807) is 16.8 Å². The van der Waals surface area contributed by atoms with Gasteiger partial charge in [-0.2, -0.15) is 0 Å². The molecule has 0 aromatic carbocycles. The first kappa shape index (κ1) is 21.7. The van der Waals surface area contributed by atoms with Gasteiger partial charge in [0.05, 0.1) is 38.8 Å². The number of anilines is 2. The average Bonchev–Trinajstić information content (AvgIpc) is 3.46. The smallest absolute Gasteiger partial charge is 0.160 e. The molecular formula is C23H24BrN7O3. The van der Waals surface area contributed by atoms with E-state index in [2.05, 4.69) is 42.3 Å². The number of Topliss-reactive ketones (excluding diaryl/α,β-unsaturated/α-hetero) is 1. The zero-order valence-corrected chi connectivity index (χ0v) is 19.7. The van der Waals surface area contributed by atoms with Crippen LogP contribution in [0.3, 0.4) is 0 Å². The molecule has 11 heteroatoms. The van der Waals surface area contributed by atoms with Crippen LogP contribution in [-0.2, 0) is 4.79 Å². The molecule has 6 rings (SSSR count). The van der Waals surface area contributed by atoms with Crippen LogP contribution in [-0.4, -0.2) is 60.3 Å². The van der Waals surface area contributed by atoms with Crippen LogP contribution in [0.4, 0.5) is 11.6 Å². The van der Waals surface area contributed by atoms with E-state index in [1.807, 2.05) is 12.1 Å². The Labute approximate surface area is 202 Å². The molecule has 176 valence electrons. The Morgan fingerprint density at radius 2 is 2.06 bits per heavy atom. The maximum atomic E-state index is 13.8. The molecule has 1 saturated carbocycles. The Balaban J connectivity index is 1.32. The summed E-state index contributed by atoms with van der Waals surface area (Å²) in [5.41, 5.74) is 11.4. The number of rotatable bonds is 2. The summed E-state index contributed by atoms with van der Waals surface area (Å²) in [5.74, 6) is 0.522. The fourth-order valence-electron chi connectivity index (χ4n) is 5.82. The normalized spacial score (nSPS) is 32.7. The van der Waals surface area contributed by atoms with Gasteiger partial charge in [0, 0.05) is 18.7 Å². The lowest BCUT2D eigenvalue weighted by Gasteiger charge is -2.27. The van der Waals surface area contributed by atoms with Crippen molar-refractivity contribution in [3.8, 4) is 0 Å². The lowest BCUT2D eigenvalue weighted by molar-refractivity contribution is -0.133. The van der Waals surface area contributed by atoms with Gasteiger partial charge in [0.1, 0.15) is 29.7 Å². The summed E-state index contributed by atoms with van der Waals surface area (Å²) in [5, 5.41) is 27.9. The SMILES string of the molecule is Nc1nc2c(cc1Br)=CCC([C@@H]1NC[C@@]3(C[C@@H](n4ccc5c(N)ncnc54)[C@H](O)[C@@H]3O)C1=O)C=2. The van der Waals surface area contributed by atoms with Crippen molar-refractivity contribution in [1.82, 2.24) is 24.8 Å². The van der Waals surface area contributed by atoms with Gasteiger partial charge in [-0.05, 0) is 46.1 Å². The Morgan fingerprint density at radius 3 is 2.88 bits per heavy atom. The van der Waals surface area contributed by atoms with Gasteiger partial charge < -0.3 is 31.6 Å². The molecule has 6 atom stereocenters. The first-order valence-electron chi connectivity index (χ1n) is 11.1. The molecule has 3 aliphatic rings. The number of carbonyl (C=O) groups is 1. The zero-order valence-electron chi connectivity index (χ0n) is 18.1. The number of fused-ring (bicyclic) bond motifs is 2. The molecule has 3 aromatic rings. The highest BCUT2D eigenvalue weighted by molar-refractivity contribution is 9.10. The molecule has 34 heavy (non-hydrogen) atoms. The van der Waals surface area contributed by atoms with E-state index in [1.165, 1.54) is 6.33 Å². The number of pyridine rings is 1. The molecule has 2 fully saturated rings. The van der Waals surface area contributed by atoms with Crippen LogP contribution in [0.15, 0.2) is 29.1 Å². The summed E-state index contributed by atoms with van der Waals surface area (Å²) >= 11 is 3.40. The van der Waals surface area contributed by atoms with Crippen molar-refractivity contribution in [2.75, 3.05) is 18.0 Å². The van der Waals surface area contributed by atoms with E-state index in [9.17, 15) is 15.0 Å². The van der Waals surface area contributed by atoms with Gasteiger partial charge >= 0.3 is 0 Å². The summed E-state index contributed by atoms with van der Waals surface area (Å²) in [7, 11) is 0. The number of hydrogen-bond acceptors (Lipinski definition) is 9. The van der Waals surface area contributed by atoms with Crippen molar-refractivity contribution in [1.29, 1.82) is 0 Å². The zero-order chi connectivity index (χ0) is 23.8. The lowest BCUT2D eigenvalue weighted by atomic mass is 9.77. The van der Waals surface area contributed by atoms with Crippen molar-refractivity contribution in [3.05, 3.63) is 39.7 Å². The highest BCUT2D eigenvalue weighted by Crippen LogP contribution is 2.49. The van der Waals surface area contributed by atoms with Gasteiger partial charge in [0.25, 0.3) is 0 Å². The highest BCUT2D eigenvalue weighted by atomic mass is 79.9. The predicted molar refractivity (Wildman–Crippen MR) is 129 cm³/mol. The number of nitrogen functional groups attached to an aromatic ring is 2. The van der Waals surface area contributed by atoms with Crippen LogP contribution in [0.5, 0.6) is 0 Å². The Morgan fingerprint density at radius 1 is 1.24 bits per heavy atom. The van der Waals surface area contributed by atoms with E-state index < -0.39 is 29.7 Å². The maximum absolute atomic E-state index is 13.8. The molecule has 2 aliphatic carbocycles. The second-order valence-electron chi connectivity index (χ2n) is 9.41. The van der Waals surface area contributed by atoms with E-state index in [0.29, 0.717) is 29.1 Å². The van der Waals surface area contributed by atoms with Crippen molar-refractivity contribution >= 4 is 56.5 Å². The van der Waals surface area contributed by atoms with Gasteiger partial charge in [0.2, 0.25) is 0 Å². The largest absolute Gasteiger partial charge is 0.389 e. The molecule has 10 nitrogen and oxygen atoms in total. The van der Waals surface area contributed by atoms with E-state index >= 15 is 0 Å². The number of nitrogens with one attached hydrogen (secondary N) is 1. The lowest BCUT2D eigenvalue weighted by Crippen LogP contribution is -2.45. The third-order valence-corrected chi connectivity index (χ3v) is 8.27. The number of nitrogens with zero attached hydrogens (tertiary/aromatic N) is 4. The van der Waals surface area contributed by atoms with E-state index in [-0.39, 0.29) is 24.7 Å². The molecule has 1 aliphatic heterocycles. The van der Waals surface area contributed by atoms with E-state index in [4.69, 9.17) is 11.5 Å². The van der Waals surface area contributed by atoms with Crippen LogP contribution in [0.25, 0.3) is 23.2 Å². The minimum Gasteiger partial charge on any atom is -0.389 e. The predicted octanol–water partition coefficient (Wildman–Crippen LogP) is -0.772. The second-order valence-corrected chi connectivity index (χ2v) is 10.3. The number of hydrogen-bond donors (Lipinski definition) is 5. The number of aromatic nitrogens is 4. The fraction of sp³-hybridized carbons (Fsp3) is 0.391. The van der Waals surface area contributed by atoms with Crippen molar-refractivity contribution in [3.63, 3.8) is 0 Å². The minimum atomic E-state index is -1.20. The number of carbonyl (C=O) groups excluding carboxylic acids is 1. The average molecular weight is 526 g/mol. The van der Waals surface area contributed by atoms with Crippen LogP contribution in [0.2, 0.25) is 0 Å². The fourth-order valence-corrected chi connectivity index (χ4v) is 6.15. The van der Waals surface area contributed by atoms with Gasteiger partial charge in [-0.15, -0.1) is 0 Å². The standard InChI is InChI=1S/C23H24BrN7O3/c24-13-5-10-1-2-11(6-14(10)30-21(13)26)16-18(33)23(8-27-16)7-15(17(32)19(23)34)31-4-3-12-20(25)28-9-29-22(12)31/h1,3-6,9,11,15-17,19,27,32,34H,2,7-8H2,(H2,26,30)(H2,25,28,29)/t11?,15-,16+,17+,19+,23+/m1/s1. The summed E-state index contributed by atoms with van der Waals surface area (Å²) < 4.78 is 2.53. The Hall–Kier alpha value is -2.86. The number of aliphatic hydroxyl groups is 2. The van der Waals surface area contributed by atoms with Gasteiger partial charge in [-0.1, -0.05) is 12.2 Å². The topological polar surface area (TPSA) is 165 Å².